The normalized spacial score (nSPS) is 14.9. The summed E-state index contributed by atoms with van der Waals surface area (Å²) in [5.41, 5.74) is 4.04. The van der Waals surface area contributed by atoms with Gasteiger partial charge in [-0.2, -0.15) is 5.10 Å². The molecule has 138 valence electrons. The fourth-order valence-electron chi connectivity index (χ4n) is 2.85. The molecule has 0 atom stereocenters. The lowest BCUT2D eigenvalue weighted by Gasteiger charge is -1.99. The molecule has 3 aromatic rings. The molecular formula is C22H17N3O3. The number of carbonyl (C=O) groups is 2. The summed E-state index contributed by atoms with van der Waals surface area (Å²) in [6, 6.07) is 17.0. The standard InChI is InChI=1S/C22H17N3O3/c1-14-8-10-17(11-9-14)21-23-19(22(27)28-21)12-18-13-25(15(2)26)24-20(18)16-6-4-3-5-7-16/h3-13H,1-2H3/b19-12-. The second-order valence-corrected chi connectivity index (χ2v) is 6.46. The molecule has 1 aliphatic heterocycles. The van der Waals surface area contributed by atoms with Crippen LogP contribution >= 0.6 is 0 Å². The number of cyclic esters (lactones) is 1. The molecule has 4 rings (SSSR count). The van der Waals surface area contributed by atoms with Crippen molar-refractivity contribution in [3.8, 4) is 11.3 Å². The van der Waals surface area contributed by atoms with Crippen molar-refractivity contribution in [2.24, 2.45) is 4.99 Å². The highest BCUT2D eigenvalue weighted by Crippen LogP contribution is 2.26. The number of hydrogen-bond donors (Lipinski definition) is 0. The van der Waals surface area contributed by atoms with E-state index in [1.165, 1.54) is 11.6 Å². The maximum Gasteiger partial charge on any atom is 0.363 e. The van der Waals surface area contributed by atoms with Gasteiger partial charge < -0.3 is 4.74 Å². The first-order valence-corrected chi connectivity index (χ1v) is 8.77. The van der Waals surface area contributed by atoms with Crippen LogP contribution < -0.4 is 0 Å². The highest BCUT2D eigenvalue weighted by Gasteiger charge is 2.25. The van der Waals surface area contributed by atoms with E-state index in [1.807, 2.05) is 61.5 Å². The number of carbonyl (C=O) groups excluding carboxylic acids is 2. The van der Waals surface area contributed by atoms with Gasteiger partial charge in [-0.3, -0.25) is 4.79 Å². The van der Waals surface area contributed by atoms with E-state index in [2.05, 4.69) is 10.1 Å². The van der Waals surface area contributed by atoms with Crippen molar-refractivity contribution in [2.45, 2.75) is 13.8 Å². The fraction of sp³-hybridized carbons (Fsp3) is 0.0909. The van der Waals surface area contributed by atoms with Crippen LogP contribution in [0.2, 0.25) is 0 Å². The van der Waals surface area contributed by atoms with Gasteiger partial charge in [-0.15, -0.1) is 0 Å². The summed E-state index contributed by atoms with van der Waals surface area (Å²) >= 11 is 0. The lowest BCUT2D eigenvalue weighted by Crippen LogP contribution is -2.05. The van der Waals surface area contributed by atoms with Crippen LogP contribution in [-0.2, 0) is 9.53 Å². The number of benzene rings is 2. The molecule has 0 aliphatic carbocycles. The summed E-state index contributed by atoms with van der Waals surface area (Å²) in [4.78, 5) is 28.4. The zero-order chi connectivity index (χ0) is 19.7. The zero-order valence-electron chi connectivity index (χ0n) is 15.4. The summed E-state index contributed by atoms with van der Waals surface area (Å²) in [6.45, 7) is 3.41. The summed E-state index contributed by atoms with van der Waals surface area (Å²) in [5, 5.41) is 4.36. The monoisotopic (exact) mass is 371 g/mol. The van der Waals surface area contributed by atoms with Crippen molar-refractivity contribution in [1.29, 1.82) is 0 Å². The van der Waals surface area contributed by atoms with E-state index < -0.39 is 5.97 Å². The van der Waals surface area contributed by atoms with Gasteiger partial charge in [0.15, 0.2) is 5.70 Å². The van der Waals surface area contributed by atoms with Crippen LogP contribution in [0.3, 0.4) is 0 Å². The Kier molecular flexibility index (Phi) is 4.45. The molecule has 1 aromatic heterocycles. The van der Waals surface area contributed by atoms with Crippen LogP contribution in [-0.4, -0.2) is 27.6 Å². The first-order chi connectivity index (χ1) is 13.5. The van der Waals surface area contributed by atoms with Crippen LogP contribution in [0.25, 0.3) is 17.3 Å². The highest BCUT2D eigenvalue weighted by molar-refractivity contribution is 6.13. The quantitative estimate of drug-likeness (QED) is 0.518. The Labute approximate surface area is 161 Å². The van der Waals surface area contributed by atoms with Crippen LogP contribution in [0.4, 0.5) is 0 Å². The molecule has 0 bridgehead atoms. The van der Waals surface area contributed by atoms with E-state index in [-0.39, 0.29) is 17.5 Å². The number of rotatable bonds is 3. The van der Waals surface area contributed by atoms with Crippen molar-refractivity contribution < 1.29 is 14.3 Å². The third-order valence-corrected chi connectivity index (χ3v) is 4.32. The molecule has 1 aliphatic rings. The molecule has 0 saturated carbocycles. The number of esters is 1. The van der Waals surface area contributed by atoms with Gasteiger partial charge in [0.2, 0.25) is 11.8 Å². The fourth-order valence-corrected chi connectivity index (χ4v) is 2.85. The van der Waals surface area contributed by atoms with Crippen molar-refractivity contribution >= 4 is 23.9 Å². The molecule has 0 fully saturated rings. The van der Waals surface area contributed by atoms with Gasteiger partial charge in [0, 0.05) is 29.8 Å². The van der Waals surface area contributed by atoms with Crippen LogP contribution in [0.5, 0.6) is 0 Å². The second kappa shape index (κ2) is 7.08. The Morgan fingerprint density at radius 3 is 2.43 bits per heavy atom. The number of aromatic nitrogens is 2. The van der Waals surface area contributed by atoms with Crippen LogP contribution in [0.1, 0.15) is 28.4 Å². The third kappa shape index (κ3) is 3.40. The smallest absolute Gasteiger partial charge is 0.363 e. The first-order valence-electron chi connectivity index (χ1n) is 8.77. The predicted octanol–water partition coefficient (Wildman–Crippen LogP) is 3.86. The number of ether oxygens (including phenoxy) is 1. The maximum atomic E-state index is 12.3. The Bertz CT molecular complexity index is 1120. The topological polar surface area (TPSA) is 73.6 Å². The lowest BCUT2D eigenvalue weighted by atomic mass is 10.1. The average molecular weight is 371 g/mol. The second-order valence-electron chi connectivity index (χ2n) is 6.46. The van der Waals surface area contributed by atoms with E-state index >= 15 is 0 Å². The predicted molar refractivity (Wildman–Crippen MR) is 106 cm³/mol. The molecule has 0 saturated heterocycles. The van der Waals surface area contributed by atoms with E-state index in [1.54, 1.807) is 12.3 Å². The van der Waals surface area contributed by atoms with Gasteiger partial charge in [0.25, 0.3) is 0 Å². The molecule has 2 aromatic carbocycles. The van der Waals surface area contributed by atoms with Crippen molar-refractivity contribution in [1.82, 2.24) is 9.78 Å². The van der Waals surface area contributed by atoms with E-state index in [0.29, 0.717) is 11.3 Å². The SMILES string of the molecule is CC(=O)n1cc(/C=C2\N=C(c3ccc(C)cc3)OC2=O)c(-c2ccccc2)n1. The molecular weight excluding hydrogens is 354 g/mol. The van der Waals surface area contributed by atoms with Crippen LogP contribution in [0, 0.1) is 6.92 Å². The van der Waals surface area contributed by atoms with Gasteiger partial charge >= 0.3 is 5.97 Å². The summed E-state index contributed by atoms with van der Waals surface area (Å²) in [7, 11) is 0. The van der Waals surface area contributed by atoms with Gasteiger partial charge in [0.05, 0.1) is 0 Å². The molecule has 28 heavy (non-hydrogen) atoms. The Morgan fingerprint density at radius 2 is 1.75 bits per heavy atom. The minimum Gasteiger partial charge on any atom is -0.402 e. The Balaban J connectivity index is 1.77. The summed E-state index contributed by atoms with van der Waals surface area (Å²) in [5.74, 6) is -0.499. The Morgan fingerprint density at radius 1 is 1.04 bits per heavy atom. The minimum atomic E-state index is -0.537. The van der Waals surface area contributed by atoms with E-state index in [9.17, 15) is 9.59 Å². The van der Waals surface area contributed by atoms with Crippen molar-refractivity contribution in [3.05, 3.63) is 83.2 Å². The number of hydrogen-bond acceptors (Lipinski definition) is 5. The third-order valence-electron chi connectivity index (χ3n) is 4.32. The van der Waals surface area contributed by atoms with Gasteiger partial charge in [-0.05, 0) is 25.1 Å². The minimum absolute atomic E-state index is 0.163. The number of nitrogens with zero attached hydrogens (tertiary/aromatic N) is 3. The van der Waals surface area contributed by atoms with Crippen LogP contribution in [0.15, 0.2) is 71.5 Å². The molecule has 6 heteroatoms. The molecule has 0 spiro atoms. The average Bonchev–Trinajstić information content (AvgIpc) is 3.28. The van der Waals surface area contributed by atoms with E-state index in [4.69, 9.17) is 4.74 Å². The number of aliphatic imine (C=N–C) groups is 1. The van der Waals surface area contributed by atoms with Gasteiger partial charge in [0.1, 0.15) is 5.69 Å². The summed E-state index contributed by atoms with van der Waals surface area (Å²) in [6.07, 6.45) is 3.18. The largest absolute Gasteiger partial charge is 0.402 e. The lowest BCUT2D eigenvalue weighted by molar-refractivity contribution is -0.129. The summed E-state index contributed by atoms with van der Waals surface area (Å²) < 4.78 is 6.57. The molecule has 0 N–H and O–H groups in total. The van der Waals surface area contributed by atoms with Gasteiger partial charge in [-0.25, -0.2) is 14.5 Å². The highest BCUT2D eigenvalue weighted by atomic mass is 16.6. The Hall–Kier alpha value is -3.80. The first kappa shape index (κ1) is 17.6. The van der Waals surface area contributed by atoms with Gasteiger partial charge in [-0.1, -0.05) is 48.0 Å². The molecule has 6 nitrogen and oxygen atoms in total. The van der Waals surface area contributed by atoms with Crippen molar-refractivity contribution in [2.75, 3.05) is 0 Å². The zero-order valence-corrected chi connectivity index (χ0v) is 15.4. The molecule has 0 unspecified atom stereocenters. The molecule has 0 amide bonds. The van der Waals surface area contributed by atoms with E-state index in [0.717, 1.165) is 16.7 Å². The number of aryl methyl sites for hydroxylation is 1. The molecule has 0 radical (unpaired) electrons. The maximum absolute atomic E-state index is 12.3. The molecule has 2 heterocycles. The van der Waals surface area contributed by atoms with Crippen molar-refractivity contribution in [3.63, 3.8) is 0 Å².